The third kappa shape index (κ3) is 4.20. The van der Waals surface area contributed by atoms with Crippen molar-refractivity contribution in [2.24, 2.45) is 0 Å². The van der Waals surface area contributed by atoms with Crippen LogP contribution in [0.15, 0.2) is 54.7 Å². The molecule has 0 saturated heterocycles. The Morgan fingerprint density at radius 1 is 1.03 bits per heavy atom. The number of nitrogens with zero attached hydrogens (tertiary/aromatic N) is 4. The van der Waals surface area contributed by atoms with Gasteiger partial charge in [-0.05, 0) is 43.9 Å². The fraction of sp³-hybridized carbons (Fsp3) is 0.238. The Kier molecular flexibility index (Phi) is 6.19. The second-order valence-corrected chi connectivity index (χ2v) is 7.08. The monoisotopic (exact) mass is 435 g/mol. The van der Waals surface area contributed by atoms with Gasteiger partial charge in [-0.15, -0.1) is 12.4 Å². The zero-order chi connectivity index (χ0) is 20.6. The first-order valence-corrected chi connectivity index (χ1v) is 9.17. The quantitative estimate of drug-likeness (QED) is 0.481. The van der Waals surface area contributed by atoms with Crippen molar-refractivity contribution in [2.45, 2.75) is 6.18 Å². The third-order valence-electron chi connectivity index (χ3n) is 4.72. The van der Waals surface area contributed by atoms with E-state index >= 15 is 0 Å². The van der Waals surface area contributed by atoms with Crippen molar-refractivity contribution in [1.29, 1.82) is 0 Å². The molecular weight excluding hydrogens is 415 g/mol. The minimum absolute atomic E-state index is 0. The molecule has 0 bridgehead atoms. The lowest BCUT2D eigenvalue weighted by atomic mass is 10.1. The number of benzene rings is 2. The Bertz CT molecular complexity index is 1150. The van der Waals surface area contributed by atoms with Crippen LogP contribution < -0.4 is 5.32 Å². The van der Waals surface area contributed by atoms with Gasteiger partial charge in [0.1, 0.15) is 5.82 Å². The summed E-state index contributed by atoms with van der Waals surface area (Å²) in [5.74, 6) is 0.726. The number of nitrogens with one attached hydrogen (secondary N) is 1. The molecular formula is C21H21ClF3N5. The number of alkyl halides is 3. The van der Waals surface area contributed by atoms with Gasteiger partial charge in [-0.1, -0.05) is 24.3 Å². The largest absolute Gasteiger partial charge is 0.416 e. The molecule has 0 amide bonds. The summed E-state index contributed by atoms with van der Waals surface area (Å²) in [7, 11) is 3.99. The van der Waals surface area contributed by atoms with E-state index in [1.54, 1.807) is 10.7 Å². The molecule has 0 fully saturated rings. The normalized spacial score (nSPS) is 11.8. The van der Waals surface area contributed by atoms with Gasteiger partial charge >= 0.3 is 6.18 Å². The van der Waals surface area contributed by atoms with Crippen LogP contribution in [0.25, 0.3) is 27.7 Å². The highest BCUT2D eigenvalue weighted by atomic mass is 35.5. The first-order valence-electron chi connectivity index (χ1n) is 9.17. The summed E-state index contributed by atoms with van der Waals surface area (Å²) in [6, 6.07) is 12.8. The predicted molar refractivity (Wildman–Crippen MR) is 115 cm³/mol. The number of halogens is 4. The lowest BCUT2D eigenvalue weighted by molar-refractivity contribution is -0.137. The molecule has 2 aromatic carbocycles. The van der Waals surface area contributed by atoms with E-state index in [-0.39, 0.29) is 12.4 Å². The number of hydrogen-bond acceptors (Lipinski definition) is 4. The second kappa shape index (κ2) is 8.49. The van der Waals surface area contributed by atoms with Crippen LogP contribution in [0.2, 0.25) is 0 Å². The fourth-order valence-electron chi connectivity index (χ4n) is 3.23. The van der Waals surface area contributed by atoms with Crippen LogP contribution in [0.4, 0.5) is 19.0 Å². The summed E-state index contributed by atoms with van der Waals surface area (Å²) in [4.78, 5) is 6.83. The Labute approximate surface area is 177 Å². The minimum atomic E-state index is -4.36. The summed E-state index contributed by atoms with van der Waals surface area (Å²) in [5, 5.41) is 8.74. The standard InChI is InChI=1S/C21H20F3N5.ClH/c1-28(2)12-11-25-19-16-5-3-4-6-18(16)29-20(27-19)17(13-26-29)14-7-9-15(10-8-14)21(22,23)24;/h3-10,13H,11-12H2,1-2H3,(H,25,27);1H. The SMILES string of the molecule is CN(C)CCNc1nc2c(-c3ccc(C(F)(F)F)cc3)cnn2c2ccccc12.Cl. The molecule has 30 heavy (non-hydrogen) atoms. The summed E-state index contributed by atoms with van der Waals surface area (Å²) in [6.07, 6.45) is -2.72. The van der Waals surface area contributed by atoms with E-state index in [2.05, 4.69) is 15.3 Å². The average Bonchev–Trinajstić information content (AvgIpc) is 3.11. The van der Waals surface area contributed by atoms with Gasteiger partial charge in [0.2, 0.25) is 0 Å². The summed E-state index contributed by atoms with van der Waals surface area (Å²) in [6.45, 7) is 1.55. The predicted octanol–water partition coefficient (Wildman–Crippen LogP) is 4.96. The minimum Gasteiger partial charge on any atom is -0.368 e. The molecule has 0 aliphatic rings. The van der Waals surface area contributed by atoms with Gasteiger partial charge < -0.3 is 10.2 Å². The zero-order valence-corrected chi connectivity index (χ0v) is 17.3. The first kappa shape index (κ1) is 21.9. The molecule has 0 aliphatic heterocycles. The molecule has 4 rings (SSSR count). The molecule has 1 N–H and O–H groups in total. The van der Waals surface area contributed by atoms with Crippen molar-refractivity contribution in [3.8, 4) is 11.1 Å². The zero-order valence-electron chi connectivity index (χ0n) is 16.4. The van der Waals surface area contributed by atoms with E-state index in [1.165, 1.54) is 12.1 Å². The molecule has 9 heteroatoms. The molecule has 5 nitrogen and oxygen atoms in total. The molecule has 0 unspecified atom stereocenters. The topological polar surface area (TPSA) is 45.5 Å². The number of para-hydroxylation sites is 1. The number of rotatable bonds is 5. The molecule has 2 heterocycles. The summed E-state index contributed by atoms with van der Waals surface area (Å²) < 4.78 is 40.4. The van der Waals surface area contributed by atoms with Crippen molar-refractivity contribution >= 4 is 34.8 Å². The van der Waals surface area contributed by atoms with Crippen molar-refractivity contribution in [1.82, 2.24) is 19.5 Å². The van der Waals surface area contributed by atoms with Gasteiger partial charge in [-0.25, -0.2) is 9.50 Å². The van der Waals surface area contributed by atoms with Gasteiger partial charge in [0.25, 0.3) is 0 Å². The van der Waals surface area contributed by atoms with E-state index in [4.69, 9.17) is 4.98 Å². The molecule has 0 radical (unpaired) electrons. The smallest absolute Gasteiger partial charge is 0.368 e. The summed E-state index contributed by atoms with van der Waals surface area (Å²) >= 11 is 0. The van der Waals surface area contributed by atoms with Crippen LogP contribution in [0.3, 0.4) is 0 Å². The van der Waals surface area contributed by atoms with Gasteiger partial charge in [-0.3, -0.25) is 0 Å². The fourth-order valence-corrected chi connectivity index (χ4v) is 3.23. The maximum absolute atomic E-state index is 12.9. The number of hydrogen-bond donors (Lipinski definition) is 1. The maximum atomic E-state index is 12.9. The molecule has 0 atom stereocenters. The van der Waals surface area contributed by atoms with E-state index in [1.807, 2.05) is 38.4 Å². The van der Waals surface area contributed by atoms with E-state index in [9.17, 15) is 13.2 Å². The van der Waals surface area contributed by atoms with E-state index in [0.717, 1.165) is 35.4 Å². The van der Waals surface area contributed by atoms with Crippen molar-refractivity contribution in [2.75, 3.05) is 32.5 Å². The van der Waals surface area contributed by atoms with E-state index < -0.39 is 11.7 Å². The van der Waals surface area contributed by atoms with Gasteiger partial charge in [-0.2, -0.15) is 18.3 Å². The highest BCUT2D eigenvalue weighted by molar-refractivity contribution is 5.93. The van der Waals surface area contributed by atoms with E-state index in [0.29, 0.717) is 23.3 Å². The number of fused-ring (bicyclic) bond motifs is 3. The van der Waals surface area contributed by atoms with Gasteiger partial charge in [0.15, 0.2) is 5.65 Å². The highest BCUT2D eigenvalue weighted by Crippen LogP contribution is 2.33. The number of aromatic nitrogens is 3. The van der Waals surface area contributed by atoms with Crippen molar-refractivity contribution in [3.05, 3.63) is 60.3 Å². The Morgan fingerprint density at radius 2 is 1.73 bits per heavy atom. The van der Waals surface area contributed by atoms with Crippen molar-refractivity contribution < 1.29 is 13.2 Å². The van der Waals surface area contributed by atoms with Crippen LogP contribution in [0.5, 0.6) is 0 Å². The molecule has 2 aromatic heterocycles. The van der Waals surface area contributed by atoms with Crippen LogP contribution in [-0.2, 0) is 6.18 Å². The number of anilines is 1. The number of likely N-dealkylation sites (N-methyl/N-ethyl adjacent to an activating group) is 1. The van der Waals surface area contributed by atoms with Crippen molar-refractivity contribution in [3.63, 3.8) is 0 Å². The highest BCUT2D eigenvalue weighted by Gasteiger charge is 2.30. The molecule has 158 valence electrons. The Morgan fingerprint density at radius 3 is 2.40 bits per heavy atom. The average molecular weight is 436 g/mol. The van der Waals surface area contributed by atoms with Crippen LogP contribution in [-0.4, -0.2) is 46.7 Å². The molecule has 0 aliphatic carbocycles. The summed E-state index contributed by atoms with van der Waals surface area (Å²) in [5.41, 5.74) is 2.11. The molecule has 4 aromatic rings. The third-order valence-corrected chi connectivity index (χ3v) is 4.72. The second-order valence-electron chi connectivity index (χ2n) is 7.08. The Hall–Kier alpha value is -2.84. The lowest BCUT2D eigenvalue weighted by Gasteiger charge is -2.13. The molecule has 0 saturated carbocycles. The Balaban J connectivity index is 0.00000256. The first-order chi connectivity index (χ1) is 13.8. The lowest BCUT2D eigenvalue weighted by Crippen LogP contribution is -2.21. The van der Waals surface area contributed by atoms with Crippen LogP contribution >= 0.6 is 12.4 Å². The van der Waals surface area contributed by atoms with Gasteiger partial charge in [0.05, 0.1) is 17.3 Å². The van der Waals surface area contributed by atoms with Crippen LogP contribution in [0.1, 0.15) is 5.56 Å². The maximum Gasteiger partial charge on any atom is 0.416 e. The van der Waals surface area contributed by atoms with Gasteiger partial charge in [0, 0.05) is 24.0 Å². The molecule has 0 spiro atoms. The van der Waals surface area contributed by atoms with Crippen LogP contribution in [0, 0.1) is 0 Å².